The Morgan fingerprint density at radius 3 is 2.65 bits per heavy atom. The fourth-order valence-electron chi connectivity index (χ4n) is 0.952. The summed E-state index contributed by atoms with van der Waals surface area (Å²) < 4.78 is 9.82. The second-order valence-electron chi connectivity index (χ2n) is 4.29. The van der Waals surface area contributed by atoms with Crippen molar-refractivity contribution in [3.63, 3.8) is 0 Å². The van der Waals surface area contributed by atoms with Gasteiger partial charge in [0.05, 0.1) is 6.54 Å². The van der Waals surface area contributed by atoms with E-state index >= 15 is 0 Å². The molecule has 0 aliphatic heterocycles. The average molecular weight is 242 g/mol. The van der Waals surface area contributed by atoms with Gasteiger partial charge in [-0.1, -0.05) is 0 Å². The Kier molecular flexibility index (Phi) is 3.72. The Hall–Kier alpha value is -2.05. The fraction of sp³-hybridized carbons (Fsp3) is 0.500. The van der Waals surface area contributed by atoms with Crippen molar-refractivity contribution in [1.29, 1.82) is 0 Å². The minimum Gasteiger partial charge on any atom is -0.476 e. The minimum atomic E-state index is -1.18. The number of hydrogen-bond donors (Lipinski definition) is 2. The zero-order chi connectivity index (χ0) is 13.1. The number of hydrogen-bond acceptors (Lipinski definition) is 5. The van der Waals surface area contributed by atoms with Gasteiger partial charge in [0.25, 0.3) is 0 Å². The Bertz CT molecular complexity index is 419. The lowest BCUT2D eigenvalue weighted by atomic mass is 10.2. The van der Waals surface area contributed by atoms with Crippen molar-refractivity contribution in [1.82, 2.24) is 10.3 Å². The fourth-order valence-corrected chi connectivity index (χ4v) is 0.952. The molecule has 17 heavy (non-hydrogen) atoms. The zero-order valence-electron chi connectivity index (χ0n) is 9.81. The highest BCUT2D eigenvalue weighted by molar-refractivity contribution is 5.84. The molecule has 0 spiro atoms. The number of rotatable bonds is 3. The molecule has 0 radical (unpaired) electrons. The van der Waals surface area contributed by atoms with Crippen LogP contribution in [0.4, 0.5) is 4.79 Å². The molecule has 0 bridgehead atoms. The van der Waals surface area contributed by atoms with E-state index in [9.17, 15) is 9.59 Å². The van der Waals surface area contributed by atoms with Crippen LogP contribution in [0.15, 0.2) is 10.7 Å². The number of aromatic carboxylic acids is 1. The second-order valence-corrected chi connectivity index (χ2v) is 4.29. The Labute approximate surface area is 97.8 Å². The number of carbonyl (C=O) groups is 2. The van der Waals surface area contributed by atoms with E-state index < -0.39 is 17.7 Å². The largest absolute Gasteiger partial charge is 0.476 e. The molecule has 2 N–H and O–H groups in total. The number of nitrogens with zero attached hydrogens (tertiary/aromatic N) is 1. The molecular weight excluding hydrogens is 228 g/mol. The first-order chi connectivity index (χ1) is 7.78. The van der Waals surface area contributed by atoms with Gasteiger partial charge in [0.2, 0.25) is 5.89 Å². The van der Waals surface area contributed by atoms with Crippen molar-refractivity contribution in [2.45, 2.75) is 32.9 Å². The molecule has 1 aromatic heterocycles. The van der Waals surface area contributed by atoms with Crippen LogP contribution >= 0.6 is 0 Å². The van der Waals surface area contributed by atoms with Gasteiger partial charge in [-0.15, -0.1) is 0 Å². The first kappa shape index (κ1) is 13.0. The molecule has 0 fully saturated rings. The number of aromatic nitrogens is 1. The van der Waals surface area contributed by atoms with E-state index in [-0.39, 0.29) is 18.1 Å². The van der Waals surface area contributed by atoms with E-state index in [0.29, 0.717) is 0 Å². The Balaban J connectivity index is 2.45. The van der Waals surface area contributed by atoms with Crippen molar-refractivity contribution < 1.29 is 23.8 Å². The van der Waals surface area contributed by atoms with Gasteiger partial charge in [-0.05, 0) is 20.8 Å². The molecule has 94 valence electrons. The van der Waals surface area contributed by atoms with Crippen molar-refractivity contribution >= 4 is 12.1 Å². The zero-order valence-corrected chi connectivity index (χ0v) is 9.81. The van der Waals surface area contributed by atoms with Gasteiger partial charge >= 0.3 is 12.1 Å². The van der Waals surface area contributed by atoms with E-state index in [1.807, 2.05) is 0 Å². The molecule has 1 amide bonds. The number of carboxylic acids is 1. The lowest BCUT2D eigenvalue weighted by Crippen LogP contribution is -2.32. The summed E-state index contributed by atoms with van der Waals surface area (Å²) in [5, 5.41) is 11.0. The van der Waals surface area contributed by atoms with E-state index in [1.54, 1.807) is 20.8 Å². The molecule has 0 saturated carbocycles. The van der Waals surface area contributed by atoms with Gasteiger partial charge in [0, 0.05) is 0 Å². The number of carboxylic acid groups (broad SMARTS) is 1. The summed E-state index contributed by atoms with van der Waals surface area (Å²) in [5.74, 6) is -1.08. The summed E-state index contributed by atoms with van der Waals surface area (Å²) in [7, 11) is 0. The van der Waals surface area contributed by atoms with Gasteiger partial charge in [0.15, 0.2) is 5.69 Å². The maximum atomic E-state index is 11.3. The normalized spacial score (nSPS) is 11.0. The summed E-state index contributed by atoms with van der Waals surface area (Å²) in [6.07, 6.45) is 0.390. The van der Waals surface area contributed by atoms with Crippen molar-refractivity contribution in [2.24, 2.45) is 0 Å². The first-order valence-electron chi connectivity index (χ1n) is 4.92. The monoisotopic (exact) mass is 242 g/mol. The number of oxazole rings is 1. The van der Waals surface area contributed by atoms with E-state index in [1.165, 1.54) is 0 Å². The van der Waals surface area contributed by atoms with Crippen LogP contribution in [0.1, 0.15) is 37.2 Å². The molecular formula is C10H14N2O5. The van der Waals surface area contributed by atoms with E-state index in [2.05, 4.69) is 10.3 Å². The SMILES string of the molecule is CC(C)(C)OC(=O)NCc1nc(C(=O)O)co1. The van der Waals surface area contributed by atoms with Gasteiger partial charge < -0.3 is 19.6 Å². The highest BCUT2D eigenvalue weighted by atomic mass is 16.6. The number of carbonyl (C=O) groups excluding carboxylic acids is 1. The topological polar surface area (TPSA) is 102 Å². The lowest BCUT2D eigenvalue weighted by molar-refractivity contribution is 0.0518. The molecule has 0 aliphatic carbocycles. The number of amides is 1. The molecule has 1 heterocycles. The minimum absolute atomic E-state index is 0.0256. The second kappa shape index (κ2) is 4.86. The summed E-state index contributed by atoms with van der Waals surface area (Å²) in [6.45, 7) is 5.18. The van der Waals surface area contributed by atoms with Crippen molar-refractivity contribution in [2.75, 3.05) is 0 Å². The molecule has 0 saturated heterocycles. The summed E-state index contributed by atoms with van der Waals surface area (Å²) >= 11 is 0. The number of ether oxygens (including phenoxy) is 1. The Morgan fingerprint density at radius 2 is 2.18 bits per heavy atom. The van der Waals surface area contributed by atoms with Gasteiger partial charge in [-0.2, -0.15) is 0 Å². The highest BCUT2D eigenvalue weighted by Gasteiger charge is 2.17. The van der Waals surface area contributed by atoms with Crippen molar-refractivity contribution in [3.05, 3.63) is 17.8 Å². The third-order valence-electron chi connectivity index (χ3n) is 1.55. The molecule has 0 aliphatic rings. The lowest BCUT2D eigenvalue weighted by Gasteiger charge is -2.19. The molecule has 7 heteroatoms. The number of alkyl carbamates (subject to hydrolysis) is 1. The van der Waals surface area contributed by atoms with Crippen LogP contribution in [-0.2, 0) is 11.3 Å². The summed E-state index contributed by atoms with van der Waals surface area (Å²) in [4.78, 5) is 25.4. The number of nitrogens with one attached hydrogen (secondary N) is 1. The van der Waals surface area contributed by atoms with Gasteiger partial charge in [-0.3, -0.25) is 0 Å². The molecule has 1 aromatic rings. The standard InChI is InChI=1S/C10H14N2O5/c1-10(2,3)17-9(15)11-4-7-12-6(5-16-7)8(13)14/h5H,4H2,1-3H3,(H,11,15)(H,13,14). The Morgan fingerprint density at radius 1 is 1.53 bits per heavy atom. The van der Waals surface area contributed by atoms with E-state index in [0.717, 1.165) is 6.26 Å². The maximum Gasteiger partial charge on any atom is 0.408 e. The molecule has 0 aromatic carbocycles. The summed E-state index contributed by atoms with van der Waals surface area (Å²) in [6, 6.07) is 0. The van der Waals surface area contributed by atoms with Gasteiger partial charge in [-0.25, -0.2) is 14.6 Å². The predicted molar refractivity (Wildman–Crippen MR) is 56.5 cm³/mol. The molecule has 0 atom stereocenters. The van der Waals surface area contributed by atoms with E-state index in [4.69, 9.17) is 14.3 Å². The first-order valence-corrected chi connectivity index (χ1v) is 4.92. The van der Waals surface area contributed by atoms with Crippen LogP contribution in [0.25, 0.3) is 0 Å². The third kappa shape index (κ3) is 4.54. The molecule has 0 unspecified atom stereocenters. The van der Waals surface area contributed by atoms with Crippen LogP contribution in [0.5, 0.6) is 0 Å². The summed E-state index contributed by atoms with van der Waals surface area (Å²) in [5.41, 5.74) is -0.793. The van der Waals surface area contributed by atoms with Gasteiger partial charge in [0.1, 0.15) is 11.9 Å². The van der Waals surface area contributed by atoms with Crippen molar-refractivity contribution in [3.8, 4) is 0 Å². The molecule has 7 nitrogen and oxygen atoms in total. The third-order valence-corrected chi connectivity index (χ3v) is 1.55. The highest BCUT2D eigenvalue weighted by Crippen LogP contribution is 2.07. The van der Waals surface area contributed by atoms with Crippen LogP contribution in [-0.4, -0.2) is 27.8 Å². The maximum absolute atomic E-state index is 11.3. The predicted octanol–water partition coefficient (Wildman–Crippen LogP) is 1.40. The smallest absolute Gasteiger partial charge is 0.408 e. The average Bonchev–Trinajstić information content (AvgIpc) is 2.60. The van der Waals surface area contributed by atoms with Crippen LogP contribution in [0, 0.1) is 0 Å². The van der Waals surface area contributed by atoms with Crippen LogP contribution in [0.2, 0.25) is 0 Å². The van der Waals surface area contributed by atoms with Crippen LogP contribution < -0.4 is 5.32 Å². The van der Waals surface area contributed by atoms with Crippen LogP contribution in [0.3, 0.4) is 0 Å². The quantitative estimate of drug-likeness (QED) is 0.830. The molecule has 1 rings (SSSR count).